The fraction of sp³-hybridized carbons (Fsp3) is 0.462. The Morgan fingerprint density at radius 1 is 1.42 bits per heavy atom. The van der Waals surface area contributed by atoms with E-state index in [1.54, 1.807) is 13.0 Å². The molecule has 0 radical (unpaired) electrons. The van der Waals surface area contributed by atoms with Gasteiger partial charge in [0.15, 0.2) is 0 Å². The normalized spacial score (nSPS) is 20.9. The minimum Gasteiger partial charge on any atom is -0.349 e. The number of carbonyl (C=O) groups is 1. The van der Waals surface area contributed by atoms with E-state index in [9.17, 15) is 13.2 Å². The highest BCUT2D eigenvalue weighted by Gasteiger charge is 2.46. The van der Waals surface area contributed by atoms with Crippen molar-refractivity contribution in [3.8, 4) is 0 Å². The van der Waals surface area contributed by atoms with Gasteiger partial charge in [0.1, 0.15) is 0 Å². The number of hydrogen-bond acceptors (Lipinski definition) is 3. The second-order valence-corrected chi connectivity index (χ2v) is 8.20. The van der Waals surface area contributed by atoms with Crippen LogP contribution in [0.5, 0.6) is 0 Å². The van der Waals surface area contributed by atoms with Gasteiger partial charge < -0.3 is 5.32 Å². The summed E-state index contributed by atoms with van der Waals surface area (Å²) in [6.07, 6.45) is 0.936. The molecule has 0 heterocycles. The van der Waals surface area contributed by atoms with Gasteiger partial charge in [0.2, 0.25) is 0 Å². The fourth-order valence-corrected chi connectivity index (χ4v) is 2.72. The number of carbonyl (C=O) groups excluding carboxylic acids is 1. The quantitative estimate of drug-likeness (QED) is 0.872. The van der Waals surface area contributed by atoms with Crippen LogP contribution in [0.3, 0.4) is 0 Å². The summed E-state index contributed by atoms with van der Waals surface area (Å²) in [5.74, 6) is -0.254. The molecule has 1 saturated carbocycles. The maximum absolute atomic E-state index is 12.1. The van der Waals surface area contributed by atoms with Gasteiger partial charge >= 0.3 is 0 Å². The largest absolute Gasteiger partial charge is 0.349 e. The van der Waals surface area contributed by atoms with E-state index in [2.05, 4.69) is 19.2 Å². The lowest BCUT2D eigenvalue weighted by Crippen LogP contribution is -2.29. The highest BCUT2D eigenvalue weighted by molar-refractivity contribution is 8.13. The topological polar surface area (TPSA) is 63.2 Å². The Bertz CT molecular complexity index is 637. The molecular weight excluding hydrogens is 286 g/mol. The number of aryl methyl sites for hydroxylation is 1. The molecule has 0 saturated heterocycles. The predicted octanol–water partition coefficient (Wildman–Crippen LogP) is 2.45. The molecule has 1 aromatic rings. The molecular formula is C13H16ClNO3S. The third-order valence-electron chi connectivity index (χ3n) is 3.55. The van der Waals surface area contributed by atoms with Crippen LogP contribution in [0, 0.1) is 12.3 Å². The molecule has 1 aliphatic rings. The molecule has 1 atom stereocenters. The minimum atomic E-state index is -3.82. The Labute approximate surface area is 117 Å². The van der Waals surface area contributed by atoms with E-state index in [0.717, 1.165) is 12.0 Å². The second kappa shape index (κ2) is 4.49. The standard InChI is InChI=1S/C13H16ClNO3S/c1-8-4-5-9(19(14,17)18)6-10(8)12(16)15-11-7-13(11,2)3/h4-6,11H,7H2,1-3H3,(H,15,16). The van der Waals surface area contributed by atoms with Gasteiger partial charge in [-0.2, -0.15) is 0 Å². The maximum atomic E-state index is 12.1. The third kappa shape index (κ3) is 3.09. The molecule has 104 valence electrons. The molecule has 0 aliphatic heterocycles. The van der Waals surface area contributed by atoms with Gasteiger partial charge in [0.25, 0.3) is 15.0 Å². The zero-order valence-corrected chi connectivity index (χ0v) is 12.6. The molecule has 1 amide bonds. The zero-order chi connectivity index (χ0) is 14.4. The number of nitrogens with one attached hydrogen (secondary N) is 1. The molecule has 0 bridgehead atoms. The Morgan fingerprint density at radius 2 is 2.00 bits per heavy atom. The molecule has 1 fully saturated rings. The number of hydrogen-bond donors (Lipinski definition) is 1. The maximum Gasteiger partial charge on any atom is 0.261 e. The SMILES string of the molecule is Cc1ccc(S(=O)(=O)Cl)cc1C(=O)NC1CC1(C)C. The van der Waals surface area contributed by atoms with Gasteiger partial charge in [-0.3, -0.25) is 4.79 Å². The van der Waals surface area contributed by atoms with Crippen molar-refractivity contribution in [3.63, 3.8) is 0 Å². The number of halogens is 1. The average molecular weight is 302 g/mol. The van der Waals surface area contributed by atoms with Gasteiger partial charge in [-0.1, -0.05) is 19.9 Å². The summed E-state index contributed by atoms with van der Waals surface area (Å²) in [5.41, 5.74) is 1.20. The summed E-state index contributed by atoms with van der Waals surface area (Å²) < 4.78 is 22.6. The highest BCUT2D eigenvalue weighted by atomic mass is 35.7. The number of amides is 1. The Kier molecular flexibility index (Phi) is 3.39. The summed E-state index contributed by atoms with van der Waals surface area (Å²) >= 11 is 0. The van der Waals surface area contributed by atoms with E-state index in [4.69, 9.17) is 10.7 Å². The van der Waals surface area contributed by atoms with Crippen molar-refractivity contribution in [2.75, 3.05) is 0 Å². The van der Waals surface area contributed by atoms with E-state index in [1.807, 2.05) is 0 Å². The predicted molar refractivity (Wildman–Crippen MR) is 73.9 cm³/mol. The van der Waals surface area contributed by atoms with Crippen LogP contribution in [0.15, 0.2) is 23.1 Å². The van der Waals surface area contributed by atoms with Crippen LogP contribution in [0.1, 0.15) is 36.2 Å². The summed E-state index contributed by atoms with van der Waals surface area (Å²) in [6.45, 7) is 5.91. The second-order valence-electron chi connectivity index (χ2n) is 5.63. The lowest BCUT2D eigenvalue weighted by molar-refractivity contribution is 0.0945. The van der Waals surface area contributed by atoms with Crippen LogP contribution in [-0.4, -0.2) is 20.4 Å². The molecule has 6 heteroatoms. The van der Waals surface area contributed by atoms with Crippen molar-refractivity contribution in [1.29, 1.82) is 0 Å². The van der Waals surface area contributed by atoms with Crippen LogP contribution in [-0.2, 0) is 9.05 Å². The Hall–Kier alpha value is -1.07. The fourth-order valence-electron chi connectivity index (χ4n) is 1.95. The van der Waals surface area contributed by atoms with Gasteiger partial charge in [-0.25, -0.2) is 8.42 Å². The van der Waals surface area contributed by atoms with Crippen LogP contribution in [0.4, 0.5) is 0 Å². The molecule has 1 aromatic carbocycles. The molecule has 1 aliphatic carbocycles. The minimum absolute atomic E-state index is 0.0556. The first-order valence-corrected chi connectivity index (χ1v) is 8.28. The van der Waals surface area contributed by atoms with Gasteiger partial charge in [-0.15, -0.1) is 0 Å². The monoisotopic (exact) mass is 301 g/mol. The van der Waals surface area contributed by atoms with Crippen molar-refractivity contribution in [1.82, 2.24) is 5.32 Å². The van der Waals surface area contributed by atoms with Gasteiger partial charge in [-0.05, 0) is 36.5 Å². The van der Waals surface area contributed by atoms with Crippen molar-refractivity contribution in [2.24, 2.45) is 5.41 Å². The molecule has 1 unspecified atom stereocenters. The first kappa shape index (κ1) is 14.3. The highest BCUT2D eigenvalue weighted by Crippen LogP contribution is 2.44. The van der Waals surface area contributed by atoms with Crippen molar-refractivity contribution in [3.05, 3.63) is 29.3 Å². The van der Waals surface area contributed by atoms with Crippen molar-refractivity contribution >= 4 is 25.6 Å². The van der Waals surface area contributed by atoms with Gasteiger partial charge in [0, 0.05) is 22.3 Å². The van der Waals surface area contributed by atoms with E-state index in [0.29, 0.717) is 5.56 Å². The van der Waals surface area contributed by atoms with Crippen molar-refractivity contribution < 1.29 is 13.2 Å². The molecule has 0 spiro atoms. The van der Waals surface area contributed by atoms with E-state index >= 15 is 0 Å². The van der Waals surface area contributed by atoms with Crippen LogP contribution < -0.4 is 5.32 Å². The zero-order valence-electron chi connectivity index (χ0n) is 11.0. The summed E-state index contributed by atoms with van der Waals surface area (Å²) in [6, 6.07) is 4.45. The van der Waals surface area contributed by atoms with Crippen LogP contribution in [0.2, 0.25) is 0 Å². The van der Waals surface area contributed by atoms with Gasteiger partial charge in [0.05, 0.1) is 4.90 Å². The molecule has 0 aromatic heterocycles. The van der Waals surface area contributed by atoms with Crippen LogP contribution >= 0.6 is 10.7 Å². The Balaban J connectivity index is 2.26. The molecule has 1 N–H and O–H groups in total. The number of benzene rings is 1. The molecule has 19 heavy (non-hydrogen) atoms. The smallest absolute Gasteiger partial charge is 0.261 e. The summed E-state index contributed by atoms with van der Waals surface area (Å²) in [5, 5.41) is 2.90. The average Bonchev–Trinajstić information content (AvgIpc) is 2.84. The Morgan fingerprint density at radius 3 is 2.47 bits per heavy atom. The van der Waals surface area contributed by atoms with E-state index in [1.165, 1.54) is 12.1 Å². The molecule has 2 rings (SSSR count). The third-order valence-corrected chi connectivity index (χ3v) is 4.91. The first-order chi connectivity index (χ1) is 8.61. The van der Waals surface area contributed by atoms with E-state index in [-0.39, 0.29) is 22.3 Å². The summed E-state index contributed by atoms with van der Waals surface area (Å²) in [7, 11) is 1.47. The summed E-state index contributed by atoms with van der Waals surface area (Å²) in [4.78, 5) is 12.1. The lowest BCUT2D eigenvalue weighted by Gasteiger charge is -2.10. The number of rotatable bonds is 3. The lowest BCUT2D eigenvalue weighted by atomic mass is 10.1. The van der Waals surface area contributed by atoms with Crippen molar-refractivity contribution in [2.45, 2.75) is 38.1 Å². The van der Waals surface area contributed by atoms with E-state index < -0.39 is 9.05 Å². The first-order valence-electron chi connectivity index (χ1n) is 5.97. The van der Waals surface area contributed by atoms with Crippen LogP contribution in [0.25, 0.3) is 0 Å². The molecule has 4 nitrogen and oxygen atoms in total.